The maximum Gasteiger partial charge on any atom is 0.311 e. The lowest BCUT2D eigenvalue weighted by Crippen LogP contribution is -2.15. The zero-order chi connectivity index (χ0) is 23.5. The van der Waals surface area contributed by atoms with Crippen molar-refractivity contribution in [1.29, 1.82) is 5.26 Å². The largest absolute Gasteiger partial charge is 0.457 e. The summed E-state index contributed by atoms with van der Waals surface area (Å²) in [6, 6.07) is 17.6. The van der Waals surface area contributed by atoms with Gasteiger partial charge in [0.1, 0.15) is 17.6 Å². The van der Waals surface area contributed by atoms with Crippen LogP contribution in [0.3, 0.4) is 0 Å². The van der Waals surface area contributed by atoms with Crippen LogP contribution in [0.25, 0.3) is 0 Å². The van der Waals surface area contributed by atoms with E-state index in [1.54, 1.807) is 50.2 Å². The van der Waals surface area contributed by atoms with Gasteiger partial charge in [0, 0.05) is 5.56 Å². The number of rotatable bonds is 8. The molecule has 0 heterocycles. The summed E-state index contributed by atoms with van der Waals surface area (Å²) in [6.07, 6.45) is -5.92. The Bertz CT molecular complexity index is 1040. The number of nitriles is 1. The quantitative estimate of drug-likeness (QED) is 0.414. The molecule has 0 amide bonds. The second-order valence-electron chi connectivity index (χ2n) is 8.05. The van der Waals surface area contributed by atoms with Gasteiger partial charge in [0.25, 0.3) is 6.43 Å². The first kappa shape index (κ1) is 23.7. The van der Waals surface area contributed by atoms with Crippen molar-refractivity contribution in [2.24, 2.45) is 17.3 Å². The Hall–Kier alpha value is -2.98. The molecule has 1 saturated carbocycles. The number of benzene rings is 2. The third-order valence-corrected chi connectivity index (χ3v) is 5.81. The molecule has 1 fully saturated rings. The fourth-order valence-corrected chi connectivity index (χ4v) is 3.78. The summed E-state index contributed by atoms with van der Waals surface area (Å²) in [6.45, 7) is 3.44. The number of esters is 1. The number of para-hydroxylation sites is 1. The molecule has 1 aliphatic rings. The molecule has 32 heavy (non-hydrogen) atoms. The maximum absolute atomic E-state index is 13.4. The van der Waals surface area contributed by atoms with E-state index >= 15 is 0 Å². The van der Waals surface area contributed by atoms with E-state index in [0.717, 1.165) is 6.08 Å². The summed E-state index contributed by atoms with van der Waals surface area (Å²) in [7, 11) is 0. The number of hydrogen-bond donors (Lipinski definition) is 0. The summed E-state index contributed by atoms with van der Waals surface area (Å²) in [5.74, 6) is -0.928. The van der Waals surface area contributed by atoms with Crippen LogP contribution >= 0.6 is 11.6 Å². The lowest BCUT2D eigenvalue weighted by Gasteiger charge is -2.13. The molecule has 4 unspecified atom stereocenters. The van der Waals surface area contributed by atoms with Crippen LogP contribution in [0, 0.1) is 28.6 Å². The molecule has 2 aromatic carbocycles. The van der Waals surface area contributed by atoms with Crippen LogP contribution in [0.5, 0.6) is 11.5 Å². The Morgan fingerprint density at radius 1 is 1.12 bits per heavy atom. The standard InChI is InChI=1S/C24H21ClF3NO3/c1-24(2)17(12-18(25)21(26)22(27)28)20(24)23(30)32-19(13-29)14-7-6-10-16(11-14)31-15-8-4-3-5-9-15/h3-12,17,19-22H,1-2H3. The summed E-state index contributed by atoms with van der Waals surface area (Å²) in [5.41, 5.74) is -0.253. The SMILES string of the molecule is CC1(C)C(C=C(Cl)C(F)C(F)F)C1C(=O)OC(C#N)c1cccc(Oc2ccccc2)c1. The number of carbonyl (C=O) groups is 1. The molecule has 0 spiro atoms. The van der Waals surface area contributed by atoms with Crippen molar-refractivity contribution in [3.63, 3.8) is 0 Å². The van der Waals surface area contributed by atoms with Gasteiger partial charge >= 0.3 is 5.97 Å². The summed E-state index contributed by atoms with van der Waals surface area (Å²) in [4.78, 5) is 12.7. The van der Waals surface area contributed by atoms with Gasteiger partial charge in [-0.15, -0.1) is 0 Å². The minimum absolute atomic E-state index is 0.416. The van der Waals surface area contributed by atoms with Crippen molar-refractivity contribution in [3.05, 3.63) is 71.3 Å². The maximum atomic E-state index is 13.4. The Labute approximate surface area is 189 Å². The predicted molar refractivity (Wildman–Crippen MR) is 113 cm³/mol. The van der Waals surface area contributed by atoms with E-state index in [2.05, 4.69) is 0 Å². The smallest absolute Gasteiger partial charge is 0.311 e. The summed E-state index contributed by atoms with van der Waals surface area (Å²) >= 11 is 5.66. The molecule has 168 valence electrons. The summed E-state index contributed by atoms with van der Waals surface area (Å²) in [5, 5.41) is 8.91. The highest BCUT2D eigenvalue weighted by Gasteiger charge is 2.62. The number of ether oxygens (including phenoxy) is 2. The molecule has 0 aromatic heterocycles. The average Bonchev–Trinajstić information content (AvgIpc) is 3.31. The molecular formula is C24H21ClF3NO3. The predicted octanol–water partition coefficient (Wildman–Crippen LogP) is 6.58. The van der Waals surface area contributed by atoms with Crippen LogP contribution in [0.1, 0.15) is 25.5 Å². The number of alkyl halides is 3. The van der Waals surface area contributed by atoms with E-state index in [1.165, 1.54) is 0 Å². The zero-order valence-corrected chi connectivity index (χ0v) is 18.1. The Morgan fingerprint density at radius 3 is 2.41 bits per heavy atom. The lowest BCUT2D eigenvalue weighted by atomic mass is 10.1. The molecule has 0 saturated heterocycles. The number of nitrogens with zero attached hydrogens (tertiary/aromatic N) is 1. The van der Waals surface area contributed by atoms with Gasteiger partial charge in [-0.1, -0.05) is 61.9 Å². The minimum atomic E-state index is -3.25. The van der Waals surface area contributed by atoms with E-state index < -0.39 is 47.0 Å². The van der Waals surface area contributed by atoms with Gasteiger partial charge in [0.2, 0.25) is 6.10 Å². The Morgan fingerprint density at radius 2 is 1.78 bits per heavy atom. The second-order valence-corrected chi connectivity index (χ2v) is 8.48. The van der Waals surface area contributed by atoms with Crippen LogP contribution in [-0.4, -0.2) is 18.6 Å². The molecular weight excluding hydrogens is 443 g/mol. The van der Waals surface area contributed by atoms with Crippen LogP contribution in [0.15, 0.2) is 65.7 Å². The van der Waals surface area contributed by atoms with Crippen molar-refractivity contribution >= 4 is 17.6 Å². The molecule has 4 atom stereocenters. The van der Waals surface area contributed by atoms with Crippen molar-refractivity contribution in [2.75, 3.05) is 0 Å². The lowest BCUT2D eigenvalue weighted by molar-refractivity contribution is -0.149. The number of allylic oxidation sites excluding steroid dienone is 2. The third kappa shape index (κ3) is 5.25. The van der Waals surface area contributed by atoms with Gasteiger partial charge in [-0.25, -0.2) is 13.2 Å². The van der Waals surface area contributed by atoms with Gasteiger partial charge in [-0.05, 0) is 35.6 Å². The first-order valence-electron chi connectivity index (χ1n) is 9.87. The number of hydrogen-bond acceptors (Lipinski definition) is 4. The summed E-state index contributed by atoms with van der Waals surface area (Å²) < 4.78 is 49.7. The average molecular weight is 464 g/mol. The minimum Gasteiger partial charge on any atom is -0.457 e. The second kappa shape index (κ2) is 9.66. The van der Waals surface area contributed by atoms with Crippen LogP contribution < -0.4 is 4.74 Å². The molecule has 3 rings (SSSR count). The molecule has 0 radical (unpaired) electrons. The molecule has 4 nitrogen and oxygen atoms in total. The van der Waals surface area contributed by atoms with Gasteiger partial charge in [0.15, 0.2) is 6.17 Å². The van der Waals surface area contributed by atoms with E-state index in [-0.39, 0.29) is 0 Å². The zero-order valence-electron chi connectivity index (χ0n) is 17.3. The topological polar surface area (TPSA) is 59.3 Å². The highest BCUT2D eigenvalue weighted by atomic mass is 35.5. The molecule has 0 aliphatic heterocycles. The van der Waals surface area contributed by atoms with Crippen LogP contribution in [-0.2, 0) is 9.53 Å². The first-order valence-corrected chi connectivity index (χ1v) is 10.3. The molecule has 2 aromatic rings. The van der Waals surface area contributed by atoms with Gasteiger partial charge in [-0.2, -0.15) is 5.26 Å². The van der Waals surface area contributed by atoms with E-state index in [1.807, 2.05) is 24.3 Å². The van der Waals surface area contributed by atoms with Crippen molar-refractivity contribution in [3.8, 4) is 17.6 Å². The molecule has 0 bridgehead atoms. The molecule has 0 N–H and O–H groups in total. The first-order chi connectivity index (χ1) is 15.1. The van der Waals surface area contributed by atoms with Crippen LogP contribution in [0.4, 0.5) is 13.2 Å². The fourth-order valence-electron chi connectivity index (χ4n) is 3.55. The Balaban J connectivity index is 1.71. The number of halogens is 4. The van der Waals surface area contributed by atoms with Crippen molar-refractivity contribution in [1.82, 2.24) is 0 Å². The van der Waals surface area contributed by atoms with E-state index in [0.29, 0.717) is 17.1 Å². The van der Waals surface area contributed by atoms with Crippen molar-refractivity contribution < 1.29 is 27.4 Å². The van der Waals surface area contributed by atoms with Crippen molar-refractivity contribution in [2.45, 2.75) is 32.5 Å². The fraction of sp³-hybridized carbons (Fsp3) is 0.333. The van der Waals surface area contributed by atoms with E-state index in [4.69, 9.17) is 21.1 Å². The van der Waals surface area contributed by atoms with Gasteiger partial charge in [-0.3, -0.25) is 4.79 Å². The molecule has 8 heteroatoms. The van der Waals surface area contributed by atoms with Gasteiger partial charge < -0.3 is 9.47 Å². The highest BCUT2D eigenvalue weighted by Crippen LogP contribution is 2.60. The van der Waals surface area contributed by atoms with Crippen LogP contribution in [0.2, 0.25) is 0 Å². The molecule has 1 aliphatic carbocycles. The number of carbonyl (C=O) groups excluding carboxylic acids is 1. The third-order valence-electron chi connectivity index (χ3n) is 5.48. The Kier molecular flexibility index (Phi) is 7.15. The van der Waals surface area contributed by atoms with E-state index in [9.17, 15) is 23.2 Å². The monoisotopic (exact) mass is 463 g/mol. The normalized spacial score (nSPS) is 21.4. The van der Waals surface area contributed by atoms with Gasteiger partial charge in [0.05, 0.1) is 11.0 Å². The highest BCUT2D eigenvalue weighted by molar-refractivity contribution is 6.30.